The maximum Gasteiger partial charge on any atom is 0.410 e. The van der Waals surface area contributed by atoms with Crippen LogP contribution in [0.5, 0.6) is 0 Å². The van der Waals surface area contributed by atoms with E-state index in [1.54, 1.807) is 47.6 Å². The van der Waals surface area contributed by atoms with Crippen LogP contribution in [0.15, 0.2) is 48.9 Å². The van der Waals surface area contributed by atoms with Gasteiger partial charge in [-0.3, -0.25) is 14.3 Å². The third kappa shape index (κ3) is 6.67. The van der Waals surface area contributed by atoms with E-state index in [4.69, 9.17) is 10.5 Å². The number of carbonyl (C=O) groups excluding carboxylic acids is 3. The molecule has 0 unspecified atom stereocenters. The van der Waals surface area contributed by atoms with E-state index < -0.39 is 11.5 Å². The topological polar surface area (TPSA) is 144 Å². The van der Waals surface area contributed by atoms with Gasteiger partial charge in [-0.2, -0.15) is 5.10 Å². The molecule has 1 fully saturated rings. The fourth-order valence-electron chi connectivity index (χ4n) is 4.18. The van der Waals surface area contributed by atoms with E-state index in [2.05, 4.69) is 20.7 Å². The Balaban J connectivity index is 1.41. The Morgan fingerprint density at radius 3 is 2.24 bits per heavy atom. The fraction of sp³-hybridized carbons (Fsp3) is 0.370. The van der Waals surface area contributed by atoms with E-state index in [0.717, 1.165) is 18.4 Å². The first-order valence-corrected chi connectivity index (χ1v) is 12.5. The van der Waals surface area contributed by atoms with Crippen LogP contribution in [0.2, 0.25) is 0 Å². The number of ether oxygens (including phenoxy) is 1. The van der Waals surface area contributed by atoms with E-state index in [9.17, 15) is 14.4 Å². The summed E-state index contributed by atoms with van der Waals surface area (Å²) in [7, 11) is 0. The largest absolute Gasteiger partial charge is 0.444 e. The van der Waals surface area contributed by atoms with Crippen molar-refractivity contribution in [3.05, 3.63) is 54.5 Å². The molecule has 3 heterocycles. The maximum atomic E-state index is 12.9. The molecule has 0 radical (unpaired) electrons. The zero-order valence-electron chi connectivity index (χ0n) is 22.0. The average Bonchev–Trinajstić information content (AvgIpc) is 3.34. The van der Waals surface area contributed by atoms with Gasteiger partial charge in [-0.25, -0.2) is 9.78 Å². The second-order valence-corrected chi connectivity index (χ2v) is 10.3. The number of piperidine rings is 1. The first-order valence-electron chi connectivity index (χ1n) is 12.5. The van der Waals surface area contributed by atoms with Crippen molar-refractivity contribution in [2.75, 3.05) is 29.5 Å². The smallest absolute Gasteiger partial charge is 0.410 e. The average molecular weight is 520 g/mol. The zero-order valence-corrected chi connectivity index (χ0v) is 22.0. The van der Waals surface area contributed by atoms with E-state index in [-0.39, 0.29) is 29.4 Å². The summed E-state index contributed by atoms with van der Waals surface area (Å²) in [4.78, 5) is 42.4. The standard InChI is InChI=1S/C27H33N7O4/c1-17(35)31-20-5-7-21(8-6-20)32-25(36)23-13-18(14-29-24(23)28)19-15-30-34(16-19)22-9-11-33(12-10-22)26(37)38-27(2,3)4/h5-8,13-16,22H,9-12H2,1-4H3,(H2,28,29)(H,31,35)(H,32,36). The van der Waals surface area contributed by atoms with Crippen LogP contribution >= 0.6 is 0 Å². The predicted molar refractivity (Wildman–Crippen MR) is 145 cm³/mol. The van der Waals surface area contributed by atoms with Gasteiger partial charge in [0.05, 0.1) is 17.8 Å². The molecule has 3 aromatic rings. The minimum absolute atomic E-state index is 0.114. The van der Waals surface area contributed by atoms with Gasteiger partial charge in [0, 0.05) is 54.9 Å². The van der Waals surface area contributed by atoms with Crippen molar-refractivity contribution in [2.45, 2.75) is 52.2 Å². The SMILES string of the molecule is CC(=O)Nc1ccc(NC(=O)c2cc(-c3cnn(C4CCN(C(=O)OC(C)(C)C)CC4)c3)cnc2N)cc1. The van der Waals surface area contributed by atoms with Crippen molar-refractivity contribution in [1.82, 2.24) is 19.7 Å². The lowest BCUT2D eigenvalue weighted by molar-refractivity contribution is -0.114. The van der Waals surface area contributed by atoms with Crippen LogP contribution < -0.4 is 16.4 Å². The summed E-state index contributed by atoms with van der Waals surface area (Å²) < 4.78 is 7.37. The van der Waals surface area contributed by atoms with Crippen LogP contribution in [0.25, 0.3) is 11.1 Å². The van der Waals surface area contributed by atoms with Crippen molar-refractivity contribution >= 4 is 35.1 Å². The van der Waals surface area contributed by atoms with E-state index in [0.29, 0.717) is 30.0 Å². The summed E-state index contributed by atoms with van der Waals surface area (Å²) in [6.45, 7) is 8.18. The molecular weight excluding hydrogens is 486 g/mol. The summed E-state index contributed by atoms with van der Waals surface area (Å²) in [5.74, 6) is -0.457. The summed E-state index contributed by atoms with van der Waals surface area (Å²) >= 11 is 0. The van der Waals surface area contributed by atoms with Crippen molar-refractivity contribution in [3.8, 4) is 11.1 Å². The molecular formula is C27H33N7O4. The van der Waals surface area contributed by atoms with Crippen molar-refractivity contribution in [1.29, 1.82) is 0 Å². The lowest BCUT2D eigenvalue weighted by Gasteiger charge is -2.33. The molecule has 0 bridgehead atoms. The number of pyridine rings is 1. The van der Waals surface area contributed by atoms with Crippen molar-refractivity contribution in [3.63, 3.8) is 0 Å². The van der Waals surface area contributed by atoms with Gasteiger partial charge in [0.1, 0.15) is 11.4 Å². The lowest BCUT2D eigenvalue weighted by Crippen LogP contribution is -2.42. The van der Waals surface area contributed by atoms with Crippen LogP contribution in [0.1, 0.15) is 56.9 Å². The molecule has 4 N–H and O–H groups in total. The van der Waals surface area contributed by atoms with Crippen LogP contribution in [0, 0.1) is 0 Å². The summed E-state index contributed by atoms with van der Waals surface area (Å²) in [5, 5.41) is 10.0. The molecule has 200 valence electrons. The summed E-state index contributed by atoms with van der Waals surface area (Å²) in [6, 6.07) is 8.61. The Bertz CT molecular complexity index is 1320. The van der Waals surface area contributed by atoms with Gasteiger partial charge >= 0.3 is 6.09 Å². The number of nitrogens with one attached hydrogen (secondary N) is 2. The van der Waals surface area contributed by atoms with E-state index >= 15 is 0 Å². The molecule has 11 heteroatoms. The molecule has 1 aliphatic heterocycles. The molecule has 3 amide bonds. The number of nitrogens with zero attached hydrogens (tertiary/aromatic N) is 4. The molecule has 4 rings (SSSR count). The number of hydrogen-bond acceptors (Lipinski definition) is 7. The molecule has 0 saturated carbocycles. The number of likely N-dealkylation sites (tertiary alicyclic amines) is 1. The van der Waals surface area contributed by atoms with Gasteiger partial charge in [-0.05, 0) is 63.9 Å². The van der Waals surface area contributed by atoms with Crippen molar-refractivity contribution < 1.29 is 19.1 Å². The minimum atomic E-state index is -0.522. The number of amides is 3. The number of nitrogens with two attached hydrogens (primary N) is 1. The molecule has 0 atom stereocenters. The van der Waals surface area contributed by atoms with Gasteiger partial charge in [0.2, 0.25) is 5.91 Å². The number of aromatic nitrogens is 3. The quantitative estimate of drug-likeness (QED) is 0.455. The van der Waals surface area contributed by atoms with E-state index in [1.165, 1.54) is 6.92 Å². The first-order chi connectivity index (χ1) is 18.0. The second-order valence-electron chi connectivity index (χ2n) is 10.3. The Labute approximate surface area is 221 Å². The normalized spacial score (nSPS) is 14.2. The molecule has 38 heavy (non-hydrogen) atoms. The third-order valence-corrected chi connectivity index (χ3v) is 6.05. The first kappa shape index (κ1) is 26.6. The highest BCUT2D eigenvalue weighted by atomic mass is 16.6. The Morgan fingerprint density at radius 2 is 1.63 bits per heavy atom. The summed E-state index contributed by atoms with van der Waals surface area (Å²) in [6.07, 6.45) is 6.49. The number of benzene rings is 1. The van der Waals surface area contributed by atoms with Gasteiger partial charge < -0.3 is 26.0 Å². The van der Waals surface area contributed by atoms with Gasteiger partial charge in [0.15, 0.2) is 0 Å². The number of carbonyl (C=O) groups is 3. The maximum absolute atomic E-state index is 12.9. The Hall–Kier alpha value is -4.41. The van der Waals surface area contributed by atoms with Crippen LogP contribution in [-0.2, 0) is 9.53 Å². The Morgan fingerprint density at radius 1 is 1.00 bits per heavy atom. The number of hydrogen-bond donors (Lipinski definition) is 3. The van der Waals surface area contributed by atoms with Crippen LogP contribution in [-0.4, -0.2) is 56.3 Å². The highest BCUT2D eigenvalue weighted by Gasteiger charge is 2.28. The Kier molecular flexibility index (Phi) is 7.65. The molecule has 0 spiro atoms. The highest BCUT2D eigenvalue weighted by molar-refractivity contribution is 6.08. The predicted octanol–water partition coefficient (Wildman–Crippen LogP) is 4.31. The molecule has 1 aromatic carbocycles. The molecule has 1 saturated heterocycles. The number of nitrogen functional groups attached to an aromatic ring is 1. The molecule has 1 aliphatic rings. The number of rotatable bonds is 5. The minimum Gasteiger partial charge on any atom is -0.444 e. The summed E-state index contributed by atoms with van der Waals surface area (Å²) in [5.41, 5.74) is 8.44. The monoisotopic (exact) mass is 519 g/mol. The van der Waals surface area contributed by atoms with Crippen LogP contribution in [0.4, 0.5) is 22.0 Å². The lowest BCUT2D eigenvalue weighted by atomic mass is 10.1. The van der Waals surface area contributed by atoms with Gasteiger partial charge in [-0.1, -0.05) is 0 Å². The number of anilines is 3. The third-order valence-electron chi connectivity index (χ3n) is 6.05. The van der Waals surface area contributed by atoms with Gasteiger partial charge in [0.25, 0.3) is 5.91 Å². The molecule has 2 aromatic heterocycles. The van der Waals surface area contributed by atoms with E-state index in [1.807, 2.05) is 31.6 Å². The van der Waals surface area contributed by atoms with Crippen molar-refractivity contribution in [2.24, 2.45) is 0 Å². The van der Waals surface area contributed by atoms with Gasteiger partial charge in [-0.15, -0.1) is 0 Å². The molecule has 11 nitrogen and oxygen atoms in total. The van der Waals surface area contributed by atoms with Crippen LogP contribution in [0.3, 0.4) is 0 Å². The fourth-order valence-corrected chi connectivity index (χ4v) is 4.18. The molecule has 0 aliphatic carbocycles. The highest BCUT2D eigenvalue weighted by Crippen LogP contribution is 2.27. The second kappa shape index (κ2) is 10.9. The zero-order chi connectivity index (χ0) is 27.4.